The molecule has 1 nitrogen and oxygen atoms in total. The number of rotatable bonds is 5. The molecule has 2 rings (SSSR count). The summed E-state index contributed by atoms with van der Waals surface area (Å²) in [7, 11) is 0. The van der Waals surface area contributed by atoms with Gasteiger partial charge in [-0.05, 0) is 31.0 Å². The van der Waals surface area contributed by atoms with Crippen LogP contribution in [0.25, 0.3) is 0 Å². The Balaban J connectivity index is 2.24. The van der Waals surface area contributed by atoms with Gasteiger partial charge in [0.25, 0.3) is 0 Å². The van der Waals surface area contributed by atoms with Crippen LogP contribution in [0, 0.1) is 12.7 Å². The molecule has 100 valence electrons. The van der Waals surface area contributed by atoms with Crippen molar-refractivity contribution in [1.82, 2.24) is 0 Å². The smallest absolute Gasteiger partial charge is 0.128 e. The second-order valence-corrected chi connectivity index (χ2v) is 4.81. The Labute approximate surface area is 114 Å². The van der Waals surface area contributed by atoms with E-state index in [9.17, 15) is 4.39 Å². The lowest BCUT2D eigenvalue weighted by Crippen LogP contribution is -2.11. The lowest BCUT2D eigenvalue weighted by atomic mass is 10.0. The van der Waals surface area contributed by atoms with Crippen LogP contribution in [-0.4, -0.2) is 0 Å². The van der Waals surface area contributed by atoms with E-state index >= 15 is 0 Å². The standard InChI is InChI=1S/C17H20FN/c1-3-8-17(14-9-5-4-6-10-14)19-16-12-7-11-15(18)13(16)2/h4-7,9-12,17,19H,3,8H2,1-2H3. The van der Waals surface area contributed by atoms with Gasteiger partial charge >= 0.3 is 0 Å². The molecule has 0 bridgehead atoms. The van der Waals surface area contributed by atoms with E-state index in [1.54, 1.807) is 6.07 Å². The number of benzene rings is 2. The van der Waals surface area contributed by atoms with Crippen LogP contribution < -0.4 is 5.32 Å². The monoisotopic (exact) mass is 257 g/mol. The Morgan fingerprint density at radius 3 is 2.47 bits per heavy atom. The first-order valence-electron chi connectivity index (χ1n) is 6.79. The highest BCUT2D eigenvalue weighted by atomic mass is 19.1. The van der Waals surface area contributed by atoms with E-state index in [1.807, 2.05) is 31.2 Å². The van der Waals surface area contributed by atoms with Crippen molar-refractivity contribution in [2.24, 2.45) is 0 Å². The van der Waals surface area contributed by atoms with E-state index < -0.39 is 0 Å². The predicted octanol–water partition coefficient (Wildman–Crippen LogP) is 5.09. The summed E-state index contributed by atoms with van der Waals surface area (Å²) < 4.78 is 13.6. The molecule has 0 aliphatic heterocycles. The SMILES string of the molecule is CCCC(Nc1cccc(F)c1C)c1ccccc1. The quantitative estimate of drug-likeness (QED) is 0.787. The van der Waals surface area contributed by atoms with Crippen molar-refractivity contribution in [3.05, 3.63) is 65.5 Å². The van der Waals surface area contributed by atoms with Crippen molar-refractivity contribution in [3.63, 3.8) is 0 Å². The van der Waals surface area contributed by atoms with E-state index in [-0.39, 0.29) is 11.9 Å². The highest BCUT2D eigenvalue weighted by Gasteiger charge is 2.12. The summed E-state index contributed by atoms with van der Waals surface area (Å²) in [5.74, 6) is -0.159. The van der Waals surface area contributed by atoms with E-state index in [1.165, 1.54) is 11.6 Å². The largest absolute Gasteiger partial charge is 0.378 e. The van der Waals surface area contributed by atoms with Crippen molar-refractivity contribution >= 4 is 5.69 Å². The van der Waals surface area contributed by atoms with E-state index in [2.05, 4.69) is 24.4 Å². The summed E-state index contributed by atoms with van der Waals surface area (Å²) in [6.07, 6.45) is 2.11. The Kier molecular flexibility index (Phi) is 4.56. The Morgan fingerprint density at radius 2 is 1.79 bits per heavy atom. The number of nitrogens with one attached hydrogen (secondary N) is 1. The molecular weight excluding hydrogens is 237 g/mol. The Bertz CT molecular complexity index is 522. The molecule has 0 aromatic heterocycles. The third kappa shape index (κ3) is 3.34. The molecule has 0 amide bonds. The van der Waals surface area contributed by atoms with Gasteiger partial charge in [-0.3, -0.25) is 0 Å². The molecule has 2 heteroatoms. The summed E-state index contributed by atoms with van der Waals surface area (Å²) in [6, 6.07) is 15.7. The molecule has 0 fully saturated rings. The highest BCUT2D eigenvalue weighted by Crippen LogP contribution is 2.26. The van der Waals surface area contributed by atoms with Gasteiger partial charge in [-0.2, -0.15) is 0 Å². The van der Waals surface area contributed by atoms with Crippen LogP contribution in [0.15, 0.2) is 48.5 Å². The summed E-state index contributed by atoms with van der Waals surface area (Å²) in [5.41, 5.74) is 2.80. The van der Waals surface area contributed by atoms with Gasteiger partial charge in [-0.15, -0.1) is 0 Å². The van der Waals surface area contributed by atoms with Crippen LogP contribution in [0.2, 0.25) is 0 Å². The first-order chi connectivity index (χ1) is 9.22. The summed E-state index contributed by atoms with van der Waals surface area (Å²) >= 11 is 0. The van der Waals surface area contributed by atoms with Gasteiger partial charge in [0.15, 0.2) is 0 Å². The van der Waals surface area contributed by atoms with Gasteiger partial charge < -0.3 is 5.32 Å². The topological polar surface area (TPSA) is 12.0 Å². The van der Waals surface area contributed by atoms with Crippen molar-refractivity contribution in [1.29, 1.82) is 0 Å². The predicted molar refractivity (Wildman–Crippen MR) is 78.9 cm³/mol. The molecule has 1 atom stereocenters. The van der Waals surface area contributed by atoms with Crippen LogP contribution in [0.3, 0.4) is 0 Å². The van der Waals surface area contributed by atoms with Gasteiger partial charge in [0.1, 0.15) is 5.82 Å². The molecule has 0 saturated heterocycles. The molecule has 0 heterocycles. The Hall–Kier alpha value is -1.83. The number of hydrogen-bond donors (Lipinski definition) is 1. The molecule has 0 spiro atoms. The molecule has 1 N–H and O–H groups in total. The van der Waals surface area contributed by atoms with E-state index in [4.69, 9.17) is 0 Å². The zero-order chi connectivity index (χ0) is 13.7. The minimum absolute atomic E-state index is 0.159. The minimum Gasteiger partial charge on any atom is -0.378 e. The number of halogens is 1. The van der Waals surface area contributed by atoms with Crippen LogP contribution in [0.1, 0.15) is 36.9 Å². The van der Waals surface area contributed by atoms with Gasteiger partial charge in [-0.25, -0.2) is 4.39 Å². The normalized spacial score (nSPS) is 12.2. The second-order valence-electron chi connectivity index (χ2n) is 4.81. The van der Waals surface area contributed by atoms with Crippen LogP contribution in [0.5, 0.6) is 0 Å². The molecule has 0 radical (unpaired) electrons. The summed E-state index contributed by atoms with van der Waals surface area (Å²) in [5, 5.41) is 3.47. The fraction of sp³-hybridized carbons (Fsp3) is 0.294. The first kappa shape index (κ1) is 13.6. The fourth-order valence-electron chi connectivity index (χ4n) is 2.25. The maximum Gasteiger partial charge on any atom is 0.128 e. The number of anilines is 1. The average Bonchev–Trinajstić information content (AvgIpc) is 2.44. The molecule has 19 heavy (non-hydrogen) atoms. The third-order valence-electron chi connectivity index (χ3n) is 3.38. The average molecular weight is 257 g/mol. The van der Waals surface area contributed by atoms with E-state index in [0.717, 1.165) is 18.5 Å². The van der Waals surface area contributed by atoms with Crippen molar-refractivity contribution in [2.45, 2.75) is 32.7 Å². The maximum absolute atomic E-state index is 13.6. The lowest BCUT2D eigenvalue weighted by molar-refractivity contribution is 0.617. The molecule has 2 aromatic rings. The molecule has 1 unspecified atom stereocenters. The zero-order valence-corrected chi connectivity index (χ0v) is 11.5. The summed E-state index contributed by atoms with van der Waals surface area (Å²) in [6.45, 7) is 3.97. The molecule has 2 aromatic carbocycles. The molecular formula is C17H20FN. The minimum atomic E-state index is -0.159. The van der Waals surface area contributed by atoms with Gasteiger partial charge in [0.05, 0.1) is 6.04 Å². The van der Waals surface area contributed by atoms with Crippen molar-refractivity contribution in [2.75, 3.05) is 5.32 Å². The molecule has 0 aliphatic carbocycles. The maximum atomic E-state index is 13.6. The fourth-order valence-corrected chi connectivity index (χ4v) is 2.25. The van der Waals surface area contributed by atoms with Crippen molar-refractivity contribution < 1.29 is 4.39 Å². The second kappa shape index (κ2) is 6.37. The lowest BCUT2D eigenvalue weighted by Gasteiger charge is -2.21. The number of hydrogen-bond acceptors (Lipinski definition) is 1. The van der Waals surface area contributed by atoms with Crippen molar-refractivity contribution in [3.8, 4) is 0 Å². The van der Waals surface area contributed by atoms with Gasteiger partial charge in [0.2, 0.25) is 0 Å². The van der Waals surface area contributed by atoms with Crippen LogP contribution in [-0.2, 0) is 0 Å². The first-order valence-corrected chi connectivity index (χ1v) is 6.79. The zero-order valence-electron chi connectivity index (χ0n) is 11.5. The van der Waals surface area contributed by atoms with Crippen LogP contribution >= 0.6 is 0 Å². The van der Waals surface area contributed by atoms with Crippen LogP contribution in [0.4, 0.5) is 10.1 Å². The van der Waals surface area contributed by atoms with Gasteiger partial charge in [0, 0.05) is 11.3 Å². The van der Waals surface area contributed by atoms with E-state index in [0.29, 0.717) is 5.56 Å². The molecule has 0 aliphatic rings. The Morgan fingerprint density at radius 1 is 1.05 bits per heavy atom. The third-order valence-corrected chi connectivity index (χ3v) is 3.38. The highest BCUT2D eigenvalue weighted by molar-refractivity contribution is 5.52. The molecule has 0 saturated carbocycles. The summed E-state index contributed by atoms with van der Waals surface area (Å²) in [4.78, 5) is 0. The van der Waals surface area contributed by atoms with Gasteiger partial charge in [-0.1, -0.05) is 49.7 Å².